The summed E-state index contributed by atoms with van der Waals surface area (Å²) in [6, 6.07) is 6.11. The Morgan fingerprint density at radius 3 is 2.50 bits per heavy atom. The zero-order valence-electron chi connectivity index (χ0n) is 17.5. The van der Waals surface area contributed by atoms with Gasteiger partial charge < -0.3 is 19.7 Å². The number of nitro benzene ring substituents is 1. The maximum atomic E-state index is 12.5. The number of morpholine rings is 1. The SMILES string of the molecule is CC(C)[C@@](C)(C#N)NC(=O)[C@@H](C)OC(=O)c1ccc(N2CCOCC2)c([N+](=O)[O-])c1. The van der Waals surface area contributed by atoms with Gasteiger partial charge in [-0.1, -0.05) is 13.8 Å². The molecule has 1 heterocycles. The van der Waals surface area contributed by atoms with Crippen LogP contribution >= 0.6 is 0 Å². The minimum atomic E-state index is -1.18. The summed E-state index contributed by atoms with van der Waals surface area (Å²) in [7, 11) is 0. The summed E-state index contributed by atoms with van der Waals surface area (Å²) in [5.41, 5.74) is -0.978. The maximum absolute atomic E-state index is 12.5. The number of ether oxygens (including phenoxy) is 2. The maximum Gasteiger partial charge on any atom is 0.339 e. The highest BCUT2D eigenvalue weighted by Crippen LogP contribution is 2.30. The van der Waals surface area contributed by atoms with E-state index in [0.717, 1.165) is 6.07 Å². The molecule has 1 saturated heterocycles. The molecule has 1 aliphatic rings. The van der Waals surface area contributed by atoms with Gasteiger partial charge in [0.1, 0.15) is 11.2 Å². The molecule has 1 amide bonds. The van der Waals surface area contributed by atoms with Gasteiger partial charge in [-0.2, -0.15) is 5.26 Å². The number of esters is 1. The first kappa shape index (κ1) is 23.1. The number of amides is 1. The van der Waals surface area contributed by atoms with Gasteiger partial charge in [-0.15, -0.1) is 0 Å². The average Bonchev–Trinajstić information content (AvgIpc) is 2.73. The molecule has 10 heteroatoms. The van der Waals surface area contributed by atoms with Gasteiger partial charge in [0.05, 0.1) is 29.8 Å². The molecule has 1 aromatic carbocycles. The van der Waals surface area contributed by atoms with E-state index in [0.29, 0.717) is 32.0 Å². The van der Waals surface area contributed by atoms with E-state index in [9.17, 15) is 25.0 Å². The van der Waals surface area contributed by atoms with Crippen molar-refractivity contribution in [2.24, 2.45) is 5.92 Å². The van der Waals surface area contributed by atoms with Gasteiger partial charge in [0.2, 0.25) is 0 Å². The molecule has 1 fully saturated rings. The van der Waals surface area contributed by atoms with Crippen LogP contribution in [0.15, 0.2) is 18.2 Å². The quantitative estimate of drug-likeness (QED) is 0.404. The van der Waals surface area contributed by atoms with Crippen molar-refractivity contribution in [3.8, 4) is 6.07 Å². The van der Waals surface area contributed by atoms with Gasteiger partial charge >= 0.3 is 5.97 Å². The monoisotopic (exact) mass is 418 g/mol. The van der Waals surface area contributed by atoms with E-state index in [1.807, 2.05) is 11.0 Å². The van der Waals surface area contributed by atoms with Crippen molar-refractivity contribution in [1.82, 2.24) is 5.32 Å². The van der Waals surface area contributed by atoms with Crippen LogP contribution in [-0.4, -0.2) is 54.7 Å². The highest BCUT2D eigenvalue weighted by Gasteiger charge is 2.33. The van der Waals surface area contributed by atoms with Crippen molar-refractivity contribution in [2.75, 3.05) is 31.2 Å². The molecule has 0 aromatic heterocycles. The summed E-state index contributed by atoms with van der Waals surface area (Å²) in [6.07, 6.45) is -1.18. The lowest BCUT2D eigenvalue weighted by Crippen LogP contribution is -2.52. The Hall–Kier alpha value is -3.19. The van der Waals surface area contributed by atoms with E-state index in [4.69, 9.17) is 9.47 Å². The first-order valence-electron chi connectivity index (χ1n) is 9.64. The van der Waals surface area contributed by atoms with Crippen LogP contribution in [0.2, 0.25) is 0 Å². The number of hydrogen-bond acceptors (Lipinski definition) is 8. The van der Waals surface area contributed by atoms with Crippen molar-refractivity contribution < 1.29 is 24.0 Å². The lowest BCUT2D eigenvalue weighted by Gasteiger charge is -2.29. The van der Waals surface area contributed by atoms with Crippen molar-refractivity contribution in [1.29, 1.82) is 5.26 Å². The van der Waals surface area contributed by atoms with E-state index >= 15 is 0 Å². The van der Waals surface area contributed by atoms with Crippen LogP contribution in [0.1, 0.15) is 38.1 Å². The topological polar surface area (TPSA) is 135 Å². The number of rotatable bonds is 7. The first-order valence-corrected chi connectivity index (χ1v) is 9.64. The van der Waals surface area contributed by atoms with Crippen molar-refractivity contribution in [3.05, 3.63) is 33.9 Å². The summed E-state index contributed by atoms with van der Waals surface area (Å²) in [5.74, 6) is -1.65. The van der Waals surface area contributed by atoms with Gasteiger partial charge in [-0.05, 0) is 31.9 Å². The Morgan fingerprint density at radius 2 is 1.97 bits per heavy atom. The highest BCUT2D eigenvalue weighted by molar-refractivity contribution is 5.94. The molecular formula is C20H26N4O6. The van der Waals surface area contributed by atoms with Crippen LogP contribution in [0.3, 0.4) is 0 Å². The minimum Gasteiger partial charge on any atom is -0.449 e. The largest absolute Gasteiger partial charge is 0.449 e. The molecule has 0 radical (unpaired) electrons. The second-order valence-electron chi connectivity index (χ2n) is 7.57. The normalized spacial score (nSPS) is 16.9. The van der Waals surface area contributed by atoms with Crippen LogP contribution in [0, 0.1) is 27.4 Å². The van der Waals surface area contributed by atoms with E-state index in [1.165, 1.54) is 19.1 Å². The van der Waals surface area contributed by atoms with E-state index in [2.05, 4.69) is 5.32 Å². The standard InChI is InChI=1S/C20H26N4O6/c1-13(2)20(4,12-21)22-18(25)14(3)30-19(26)15-5-6-16(17(11-15)24(27)28)23-7-9-29-10-8-23/h5-6,11,13-14H,7-10H2,1-4H3,(H,22,25)/t14-,20-/m1/s1. The summed E-state index contributed by atoms with van der Waals surface area (Å²) < 4.78 is 10.4. The smallest absolute Gasteiger partial charge is 0.339 e. The Balaban J connectivity index is 2.14. The van der Waals surface area contributed by atoms with Crippen LogP contribution in [0.5, 0.6) is 0 Å². The third-order valence-corrected chi connectivity index (χ3v) is 5.18. The fourth-order valence-corrected chi connectivity index (χ4v) is 2.81. The number of anilines is 1. The fourth-order valence-electron chi connectivity index (χ4n) is 2.81. The second kappa shape index (κ2) is 9.54. The minimum absolute atomic E-state index is 0.0368. The van der Waals surface area contributed by atoms with E-state index in [1.54, 1.807) is 20.8 Å². The molecule has 1 aromatic rings. The van der Waals surface area contributed by atoms with Crippen LogP contribution in [0.4, 0.5) is 11.4 Å². The number of hydrogen-bond donors (Lipinski definition) is 1. The fraction of sp³-hybridized carbons (Fsp3) is 0.550. The molecule has 1 N–H and O–H groups in total. The molecule has 0 bridgehead atoms. The van der Waals surface area contributed by atoms with Crippen molar-refractivity contribution >= 4 is 23.3 Å². The van der Waals surface area contributed by atoms with Gasteiger partial charge in [0.25, 0.3) is 11.6 Å². The first-order chi connectivity index (χ1) is 14.1. The average molecular weight is 418 g/mol. The number of nitro groups is 1. The molecule has 0 aliphatic carbocycles. The van der Waals surface area contributed by atoms with Gasteiger partial charge in [-0.3, -0.25) is 14.9 Å². The second-order valence-corrected chi connectivity index (χ2v) is 7.57. The lowest BCUT2D eigenvalue weighted by atomic mass is 9.90. The van der Waals surface area contributed by atoms with Crippen LogP contribution in [0.25, 0.3) is 0 Å². The zero-order chi connectivity index (χ0) is 22.5. The van der Waals surface area contributed by atoms with Crippen LogP contribution in [-0.2, 0) is 14.3 Å². The number of carbonyl (C=O) groups excluding carboxylic acids is 2. The number of nitriles is 1. The molecule has 0 spiro atoms. The van der Waals surface area contributed by atoms with Crippen molar-refractivity contribution in [2.45, 2.75) is 39.3 Å². The van der Waals surface area contributed by atoms with Gasteiger partial charge in [0, 0.05) is 19.2 Å². The van der Waals surface area contributed by atoms with Gasteiger partial charge in [-0.25, -0.2) is 4.79 Å². The zero-order valence-corrected chi connectivity index (χ0v) is 17.5. The van der Waals surface area contributed by atoms with Crippen molar-refractivity contribution in [3.63, 3.8) is 0 Å². The Bertz CT molecular complexity index is 859. The van der Waals surface area contributed by atoms with Crippen LogP contribution < -0.4 is 10.2 Å². The summed E-state index contributed by atoms with van der Waals surface area (Å²) in [6.45, 7) is 8.48. The Kier molecular flexibility index (Phi) is 7.34. The molecule has 162 valence electrons. The number of carbonyl (C=O) groups is 2. The highest BCUT2D eigenvalue weighted by atomic mass is 16.6. The molecule has 0 unspecified atom stereocenters. The molecule has 1 aliphatic heterocycles. The number of nitrogens with one attached hydrogen (secondary N) is 1. The predicted octanol–water partition coefficient (Wildman–Crippen LogP) is 2.03. The molecule has 30 heavy (non-hydrogen) atoms. The molecule has 2 atom stereocenters. The molecule has 10 nitrogen and oxygen atoms in total. The summed E-state index contributed by atoms with van der Waals surface area (Å²) in [4.78, 5) is 37.6. The number of benzene rings is 1. The third-order valence-electron chi connectivity index (χ3n) is 5.18. The summed E-state index contributed by atoms with van der Waals surface area (Å²) >= 11 is 0. The van der Waals surface area contributed by atoms with Gasteiger partial charge in [0.15, 0.2) is 6.10 Å². The molecular weight excluding hydrogens is 392 g/mol. The van der Waals surface area contributed by atoms with E-state index < -0.39 is 28.4 Å². The predicted molar refractivity (Wildman–Crippen MR) is 108 cm³/mol. The third kappa shape index (κ3) is 5.24. The molecule has 0 saturated carbocycles. The summed E-state index contributed by atoms with van der Waals surface area (Å²) in [5, 5.41) is 23.4. The lowest BCUT2D eigenvalue weighted by molar-refractivity contribution is -0.384. The number of nitrogens with zero attached hydrogens (tertiary/aromatic N) is 3. The molecule has 2 rings (SSSR count). The Morgan fingerprint density at radius 1 is 1.33 bits per heavy atom. The Labute approximate surface area is 174 Å². The van der Waals surface area contributed by atoms with E-state index in [-0.39, 0.29) is 17.2 Å².